The number of nitrogens with zero attached hydrogens (tertiary/aromatic N) is 2. The molecule has 1 heterocycles. The van der Waals surface area contributed by atoms with E-state index in [-0.39, 0.29) is 38.2 Å². The second kappa shape index (κ2) is 10.9. The van der Waals surface area contributed by atoms with Crippen LogP contribution in [-0.4, -0.2) is 64.2 Å². The van der Waals surface area contributed by atoms with Gasteiger partial charge in [0.2, 0.25) is 0 Å². The van der Waals surface area contributed by atoms with Crippen LogP contribution < -0.4 is 9.04 Å². The van der Waals surface area contributed by atoms with Crippen LogP contribution in [0, 0.1) is 5.92 Å². The van der Waals surface area contributed by atoms with Gasteiger partial charge in [-0.1, -0.05) is 11.6 Å². The maximum Gasteiger partial charge on any atom is 0.573 e. The molecule has 0 radical (unpaired) electrons. The minimum atomic E-state index is -5.86. The molecule has 0 saturated carbocycles. The zero-order valence-electron chi connectivity index (χ0n) is 17.1. The molecule has 2 rings (SSSR count). The fraction of sp³-hybridized carbons (Fsp3) is 0.588. The molecular weight excluding hydrogens is 551 g/mol. The lowest BCUT2D eigenvalue weighted by molar-refractivity contribution is -0.308. The summed E-state index contributed by atoms with van der Waals surface area (Å²) >= 11 is 3.06. The molecule has 1 amide bonds. The number of hydrogen-bond donors (Lipinski definition) is 1. The van der Waals surface area contributed by atoms with Crippen molar-refractivity contribution in [3.8, 4) is 5.75 Å². The quantitative estimate of drug-likeness (QED) is 0.362. The molecule has 18 heteroatoms. The number of ether oxygens (including phenoxy) is 2. The highest BCUT2D eigenvalue weighted by atomic mass is 35.5. The van der Waals surface area contributed by atoms with Crippen molar-refractivity contribution in [2.24, 2.45) is 5.92 Å². The molecule has 7 nitrogen and oxygen atoms in total. The molecule has 1 N–H and O–H groups in total. The number of carbonyl (C=O) groups excluding carboxylic acids is 1. The topological polar surface area (TPSA) is 79.3 Å². The van der Waals surface area contributed by atoms with Crippen molar-refractivity contribution in [2.45, 2.75) is 37.7 Å². The van der Waals surface area contributed by atoms with Crippen LogP contribution in [0.5, 0.6) is 5.75 Å². The predicted molar refractivity (Wildman–Crippen MR) is 103 cm³/mol. The zero-order valence-corrected chi connectivity index (χ0v) is 18.7. The van der Waals surface area contributed by atoms with Gasteiger partial charge in [0, 0.05) is 19.6 Å². The fourth-order valence-corrected chi connectivity index (χ4v) is 3.98. The Morgan fingerprint density at radius 2 is 1.66 bits per heavy atom. The number of hydrogen-bond acceptors (Lipinski definition) is 4. The highest BCUT2D eigenvalue weighted by Gasteiger charge is 2.60. The van der Waals surface area contributed by atoms with E-state index in [0.717, 1.165) is 22.5 Å². The van der Waals surface area contributed by atoms with Gasteiger partial charge in [-0.25, -0.2) is 9.00 Å². The number of piperidine rings is 1. The summed E-state index contributed by atoms with van der Waals surface area (Å²) in [5.41, 5.74) is -0.0645. The minimum Gasteiger partial charge on any atom is -0.426 e. The molecule has 1 aliphatic heterocycles. The maximum atomic E-state index is 12.6. The molecule has 200 valence electrons. The summed E-state index contributed by atoms with van der Waals surface area (Å²) in [5, 5.41) is -0.517. The first-order chi connectivity index (χ1) is 15.9. The van der Waals surface area contributed by atoms with Crippen LogP contribution in [0.3, 0.4) is 0 Å². The number of benzene rings is 1. The Balaban J connectivity index is 2.02. The highest BCUT2D eigenvalue weighted by Crippen LogP contribution is 2.37. The number of likely N-dealkylation sites (tertiary alicyclic amines) is 1. The number of rotatable bonds is 6. The summed E-state index contributed by atoms with van der Waals surface area (Å²) in [7, 11) is 0. The molecule has 1 saturated heterocycles. The molecule has 1 aromatic rings. The largest absolute Gasteiger partial charge is 0.573 e. The first kappa shape index (κ1) is 29.1. The van der Waals surface area contributed by atoms with Crippen LogP contribution in [0.15, 0.2) is 18.2 Å². The first-order valence-corrected chi connectivity index (χ1v) is 10.9. The Morgan fingerprint density at radius 3 is 2.09 bits per heavy atom. The van der Waals surface area contributed by atoms with E-state index in [1.807, 2.05) is 0 Å². The van der Waals surface area contributed by atoms with Gasteiger partial charge < -0.3 is 14.4 Å². The Morgan fingerprint density at radius 1 is 1.11 bits per heavy atom. The summed E-state index contributed by atoms with van der Waals surface area (Å²) in [6.45, 7) is -0.816. The van der Waals surface area contributed by atoms with Crippen LogP contribution >= 0.6 is 11.6 Å². The standard InChI is InChI=1S/C17H16ClF9N2O5S/c18-11-7-10(1-2-12(11)34-17(25,26)27)29(35(31)32)8-9-3-5-28(6-4-9)14(30)33-13(15(19,20)21)16(22,23)24/h1-2,7,9,13H,3-6,8H2,(H,31,32). The van der Waals surface area contributed by atoms with Gasteiger partial charge in [-0.3, -0.25) is 8.86 Å². The predicted octanol–water partition coefficient (Wildman–Crippen LogP) is 5.52. The van der Waals surface area contributed by atoms with Crippen molar-refractivity contribution in [1.82, 2.24) is 4.90 Å². The lowest BCUT2D eigenvalue weighted by Gasteiger charge is -2.34. The summed E-state index contributed by atoms with van der Waals surface area (Å²) < 4.78 is 142. The van der Waals surface area contributed by atoms with Gasteiger partial charge >= 0.3 is 24.8 Å². The maximum absolute atomic E-state index is 12.6. The summed E-state index contributed by atoms with van der Waals surface area (Å²) in [5.74, 6) is -1.23. The molecule has 0 spiro atoms. The third-order valence-electron chi connectivity index (χ3n) is 4.73. The molecule has 1 aliphatic rings. The smallest absolute Gasteiger partial charge is 0.426 e. The van der Waals surface area contributed by atoms with Crippen molar-refractivity contribution < 1.29 is 62.5 Å². The Kier molecular flexibility index (Phi) is 9.03. The van der Waals surface area contributed by atoms with Crippen molar-refractivity contribution >= 4 is 34.6 Å². The monoisotopic (exact) mass is 566 g/mol. The third kappa shape index (κ3) is 8.49. The van der Waals surface area contributed by atoms with E-state index in [1.165, 1.54) is 0 Å². The lowest BCUT2D eigenvalue weighted by atomic mass is 9.97. The average molecular weight is 567 g/mol. The van der Waals surface area contributed by atoms with Gasteiger partial charge in [0.25, 0.3) is 17.4 Å². The Labute approximate surface area is 199 Å². The van der Waals surface area contributed by atoms with Gasteiger partial charge in [-0.2, -0.15) is 26.3 Å². The first-order valence-electron chi connectivity index (χ1n) is 9.41. The van der Waals surface area contributed by atoms with E-state index in [4.69, 9.17) is 11.6 Å². The van der Waals surface area contributed by atoms with Gasteiger partial charge in [-0.05, 0) is 37.0 Å². The van der Waals surface area contributed by atoms with Crippen LogP contribution in [-0.2, 0) is 16.0 Å². The van der Waals surface area contributed by atoms with Crippen molar-refractivity contribution in [3.05, 3.63) is 23.2 Å². The summed E-state index contributed by atoms with van der Waals surface area (Å²) in [6.07, 6.45) is -22.8. The zero-order chi connectivity index (χ0) is 26.8. The molecule has 0 aromatic heterocycles. The van der Waals surface area contributed by atoms with Gasteiger partial charge in [0.1, 0.15) is 5.75 Å². The Hall–Kier alpha value is -2.14. The van der Waals surface area contributed by atoms with Crippen LogP contribution in [0.4, 0.5) is 50.0 Å². The van der Waals surface area contributed by atoms with E-state index in [1.54, 1.807) is 0 Å². The van der Waals surface area contributed by atoms with Crippen molar-refractivity contribution in [1.29, 1.82) is 0 Å². The number of alkyl halides is 9. The van der Waals surface area contributed by atoms with E-state index in [0.29, 0.717) is 4.90 Å². The van der Waals surface area contributed by atoms with Crippen LogP contribution in [0.2, 0.25) is 5.02 Å². The second-order valence-corrected chi connectivity index (χ2v) is 8.54. The molecule has 1 fully saturated rings. The lowest BCUT2D eigenvalue weighted by Crippen LogP contribution is -2.49. The van der Waals surface area contributed by atoms with E-state index in [2.05, 4.69) is 9.47 Å². The second-order valence-electron chi connectivity index (χ2n) is 7.23. The average Bonchev–Trinajstić information content (AvgIpc) is 2.69. The summed E-state index contributed by atoms with van der Waals surface area (Å²) in [6, 6.07) is 2.79. The van der Waals surface area contributed by atoms with Crippen LogP contribution in [0.25, 0.3) is 0 Å². The molecule has 0 aliphatic carbocycles. The molecule has 1 unspecified atom stereocenters. The van der Waals surface area contributed by atoms with E-state index >= 15 is 0 Å². The normalized spacial score (nSPS) is 16.9. The number of amides is 1. The molecule has 35 heavy (non-hydrogen) atoms. The number of anilines is 1. The number of carbonyl (C=O) groups is 1. The Bertz CT molecular complexity index is 907. The minimum absolute atomic E-state index is 0.00844. The van der Waals surface area contributed by atoms with E-state index < -0.39 is 58.9 Å². The van der Waals surface area contributed by atoms with Gasteiger partial charge in [-0.15, -0.1) is 13.2 Å². The van der Waals surface area contributed by atoms with Crippen LogP contribution in [0.1, 0.15) is 12.8 Å². The SMILES string of the molecule is O=C(OC(C(F)(F)F)C(F)(F)F)N1CCC(CN(c2ccc(OC(F)(F)F)c(Cl)c2)S(=O)O)CC1. The molecule has 0 bridgehead atoms. The molecular formula is C17H16ClF9N2O5S. The highest BCUT2D eigenvalue weighted by molar-refractivity contribution is 7.80. The fourth-order valence-electron chi connectivity index (χ4n) is 3.14. The van der Waals surface area contributed by atoms with Crippen molar-refractivity contribution in [2.75, 3.05) is 23.9 Å². The summed E-state index contributed by atoms with van der Waals surface area (Å²) in [4.78, 5) is 12.5. The van der Waals surface area contributed by atoms with E-state index in [9.17, 15) is 53.1 Å². The van der Waals surface area contributed by atoms with Gasteiger partial charge in [0.05, 0.1) is 10.7 Å². The third-order valence-corrected chi connectivity index (χ3v) is 5.76. The van der Waals surface area contributed by atoms with Gasteiger partial charge in [0.15, 0.2) is 0 Å². The number of halogens is 10. The molecule has 1 atom stereocenters. The van der Waals surface area contributed by atoms with Crippen molar-refractivity contribution in [3.63, 3.8) is 0 Å². The molecule has 1 aromatic carbocycles.